The Morgan fingerprint density at radius 1 is 1.00 bits per heavy atom. The van der Waals surface area contributed by atoms with Crippen LogP contribution in [0.1, 0.15) is 11.3 Å². The largest absolute Gasteiger partial charge is 0.384 e. The zero-order valence-electron chi connectivity index (χ0n) is 9.57. The first-order chi connectivity index (χ1) is 8.66. The summed E-state index contributed by atoms with van der Waals surface area (Å²) in [7, 11) is 0. The van der Waals surface area contributed by atoms with Crippen molar-refractivity contribution in [1.82, 2.24) is 4.98 Å². The van der Waals surface area contributed by atoms with Crippen LogP contribution in [0.5, 0.6) is 0 Å². The Hall–Kier alpha value is -1.29. The molecule has 0 aliphatic heterocycles. The summed E-state index contributed by atoms with van der Waals surface area (Å²) in [6.07, 6.45) is 0. The topological polar surface area (TPSA) is 48.1 Å². The first kappa shape index (κ1) is 13.1. The van der Waals surface area contributed by atoms with Gasteiger partial charge < -0.3 is 10.5 Å². The summed E-state index contributed by atoms with van der Waals surface area (Å²) in [5.41, 5.74) is 7.15. The number of ether oxygens (including phenoxy) is 1. The van der Waals surface area contributed by atoms with Gasteiger partial charge in [0.15, 0.2) is 0 Å². The number of rotatable bonds is 4. The maximum atomic E-state index is 6.02. The van der Waals surface area contributed by atoms with Gasteiger partial charge in [-0.15, -0.1) is 0 Å². The first-order valence-electron chi connectivity index (χ1n) is 5.39. The number of benzene rings is 1. The highest BCUT2D eigenvalue weighted by Gasteiger charge is 2.04. The van der Waals surface area contributed by atoms with Gasteiger partial charge in [0.25, 0.3) is 0 Å². The van der Waals surface area contributed by atoms with Crippen molar-refractivity contribution in [2.75, 3.05) is 5.73 Å². The van der Waals surface area contributed by atoms with Crippen molar-refractivity contribution in [2.45, 2.75) is 13.2 Å². The van der Waals surface area contributed by atoms with E-state index in [1.54, 1.807) is 12.1 Å². The summed E-state index contributed by atoms with van der Waals surface area (Å²) < 4.78 is 5.54. The fourth-order valence-electron chi connectivity index (χ4n) is 1.48. The summed E-state index contributed by atoms with van der Waals surface area (Å²) in [5, 5.41) is 1.23. The lowest BCUT2D eigenvalue weighted by atomic mass is 10.2. The third kappa shape index (κ3) is 3.35. The van der Waals surface area contributed by atoms with Crippen LogP contribution < -0.4 is 5.73 Å². The zero-order valence-corrected chi connectivity index (χ0v) is 11.1. The van der Waals surface area contributed by atoms with Crippen molar-refractivity contribution in [3.63, 3.8) is 0 Å². The SMILES string of the molecule is Nc1ccc(Cl)c(COCc2ccccc2Cl)n1. The summed E-state index contributed by atoms with van der Waals surface area (Å²) in [6.45, 7) is 0.710. The van der Waals surface area contributed by atoms with Crippen LogP contribution in [-0.2, 0) is 18.0 Å². The molecule has 0 fully saturated rings. The summed E-state index contributed by atoms with van der Waals surface area (Å²) in [5.74, 6) is 0.427. The van der Waals surface area contributed by atoms with Gasteiger partial charge in [0.2, 0.25) is 0 Å². The lowest BCUT2D eigenvalue weighted by Gasteiger charge is -2.07. The molecule has 0 saturated heterocycles. The second kappa shape index (κ2) is 6.05. The van der Waals surface area contributed by atoms with E-state index in [-0.39, 0.29) is 0 Å². The molecule has 5 heteroatoms. The van der Waals surface area contributed by atoms with Crippen molar-refractivity contribution in [3.8, 4) is 0 Å². The molecular formula is C13H12Cl2N2O. The van der Waals surface area contributed by atoms with Crippen LogP contribution in [0.4, 0.5) is 5.82 Å². The smallest absolute Gasteiger partial charge is 0.123 e. The van der Waals surface area contributed by atoms with Gasteiger partial charge >= 0.3 is 0 Å². The van der Waals surface area contributed by atoms with E-state index in [4.69, 9.17) is 33.7 Å². The Morgan fingerprint density at radius 3 is 2.56 bits per heavy atom. The second-order valence-corrected chi connectivity index (χ2v) is 4.56. The van der Waals surface area contributed by atoms with E-state index in [1.165, 1.54) is 0 Å². The van der Waals surface area contributed by atoms with Crippen LogP contribution in [0.3, 0.4) is 0 Å². The van der Waals surface area contributed by atoms with Crippen molar-refractivity contribution >= 4 is 29.0 Å². The zero-order chi connectivity index (χ0) is 13.0. The highest BCUT2D eigenvalue weighted by molar-refractivity contribution is 6.31. The number of nitrogens with two attached hydrogens (primary N) is 1. The number of hydrogen-bond donors (Lipinski definition) is 1. The van der Waals surface area contributed by atoms with Crippen LogP contribution in [0.15, 0.2) is 36.4 Å². The van der Waals surface area contributed by atoms with Crippen molar-refractivity contribution < 1.29 is 4.74 Å². The third-order valence-corrected chi connectivity index (χ3v) is 3.11. The first-order valence-corrected chi connectivity index (χ1v) is 6.14. The Labute approximate surface area is 115 Å². The molecule has 3 nitrogen and oxygen atoms in total. The van der Waals surface area contributed by atoms with Gasteiger partial charge in [-0.25, -0.2) is 4.98 Å². The quantitative estimate of drug-likeness (QED) is 0.931. The van der Waals surface area contributed by atoms with Gasteiger partial charge in [-0.2, -0.15) is 0 Å². The lowest BCUT2D eigenvalue weighted by Crippen LogP contribution is -2.00. The third-order valence-electron chi connectivity index (χ3n) is 2.39. The monoisotopic (exact) mass is 282 g/mol. The van der Waals surface area contributed by atoms with Crippen LogP contribution in [0.25, 0.3) is 0 Å². The molecule has 0 atom stereocenters. The maximum Gasteiger partial charge on any atom is 0.123 e. The molecule has 2 rings (SSSR count). The van der Waals surface area contributed by atoms with E-state index in [0.717, 1.165) is 5.56 Å². The van der Waals surface area contributed by atoms with Gasteiger partial charge in [0.1, 0.15) is 5.82 Å². The van der Waals surface area contributed by atoms with E-state index in [1.807, 2.05) is 24.3 Å². The molecule has 0 aliphatic rings. The Morgan fingerprint density at radius 2 is 1.78 bits per heavy atom. The molecule has 0 bridgehead atoms. The molecule has 1 heterocycles. The van der Waals surface area contributed by atoms with Crippen molar-refractivity contribution in [2.24, 2.45) is 0 Å². The number of hydrogen-bond acceptors (Lipinski definition) is 3. The van der Waals surface area contributed by atoms with Gasteiger partial charge in [-0.05, 0) is 23.8 Å². The fourth-order valence-corrected chi connectivity index (χ4v) is 1.83. The average molecular weight is 283 g/mol. The summed E-state index contributed by atoms with van der Waals surface area (Å²) >= 11 is 12.0. The summed E-state index contributed by atoms with van der Waals surface area (Å²) in [6, 6.07) is 10.9. The molecule has 2 N–H and O–H groups in total. The molecule has 94 valence electrons. The Balaban J connectivity index is 1.96. The van der Waals surface area contributed by atoms with Crippen molar-refractivity contribution in [3.05, 3.63) is 57.7 Å². The van der Waals surface area contributed by atoms with Gasteiger partial charge in [0.05, 0.1) is 23.9 Å². The Kier molecular flexibility index (Phi) is 4.42. The minimum absolute atomic E-state index is 0.301. The molecule has 0 spiro atoms. The minimum atomic E-state index is 0.301. The van der Waals surface area contributed by atoms with Gasteiger partial charge in [-0.3, -0.25) is 0 Å². The number of halogens is 2. The molecule has 0 aliphatic carbocycles. The second-order valence-electron chi connectivity index (χ2n) is 3.75. The lowest BCUT2D eigenvalue weighted by molar-refractivity contribution is 0.105. The molecular weight excluding hydrogens is 271 g/mol. The predicted molar refractivity (Wildman–Crippen MR) is 73.6 cm³/mol. The Bertz CT molecular complexity index is 546. The predicted octanol–water partition coefficient (Wildman–Crippen LogP) is 3.69. The molecule has 2 aromatic rings. The highest BCUT2D eigenvalue weighted by atomic mass is 35.5. The fraction of sp³-hybridized carbons (Fsp3) is 0.154. The van der Waals surface area contributed by atoms with E-state index in [2.05, 4.69) is 4.98 Å². The maximum absolute atomic E-state index is 6.02. The van der Waals surface area contributed by atoms with E-state index >= 15 is 0 Å². The van der Waals surface area contributed by atoms with Crippen molar-refractivity contribution in [1.29, 1.82) is 0 Å². The number of pyridine rings is 1. The molecule has 0 amide bonds. The van der Waals surface area contributed by atoms with Crippen LogP contribution in [0, 0.1) is 0 Å². The van der Waals surface area contributed by atoms with Gasteiger partial charge in [-0.1, -0.05) is 41.4 Å². The van der Waals surface area contributed by atoms with E-state index in [0.29, 0.717) is 34.8 Å². The molecule has 18 heavy (non-hydrogen) atoms. The molecule has 0 unspecified atom stereocenters. The van der Waals surface area contributed by atoms with E-state index < -0.39 is 0 Å². The summed E-state index contributed by atoms with van der Waals surface area (Å²) in [4.78, 5) is 4.11. The number of nitrogen functional groups attached to an aromatic ring is 1. The highest BCUT2D eigenvalue weighted by Crippen LogP contribution is 2.19. The average Bonchev–Trinajstić information content (AvgIpc) is 2.36. The molecule has 0 saturated carbocycles. The minimum Gasteiger partial charge on any atom is -0.384 e. The standard InChI is InChI=1S/C13H12Cl2N2O/c14-10-4-2-1-3-9(10)7-18-8-12-11(15)5-6-13(16)17-12/h1-6H,7-8H2,(H2,16,17). The van der Waals surface area contributed by atoms with Crippen LogP contribution in [0.2, 0.25) is 10.0 Å². The molecule has 1 aromatic heterocycles. The molecule has 0 radical (unpaired) electrons. The number of aromatic nitrogens is 1. The molecule has 1 aromatic carbocycles. The normalized spacial score (nSPS) is 10.6. The van der Waals surface area contributed by atoms with E-state index in [9.17, 15) is 0 Å². The number of anilines is 1. The number of nitrogens with zero attached hydrogens (tertiary/aromatic N) is 1. The van der Waals surface area contributed by atoms with Gasteiger partial charge in [0, 0.05) is 5.02 Å². The van der Waals surface area contributed by atoms with Crippen LogP contribution in [-0.4, -0.2) is 4.98 Å². The van der Waals surface area contributed by atoms with Crippen LogP contribution >= 0.6 is 23.2 Å².